The van der Waals surface area contributed by atoms with Crippen LogP contribution in [0.3, 0.4) is 0 Å². The average molecular weight is 545 g/mol. The average Bonchev–Trinajstić information content (AvgIpc) is 3.11. The van der Waals surface area contributed by atoms with Crippen LogP contribution in [0.1, 0.15) is 46.3 Å². The van der Waals surface area contributed by atoms with Crippen LogP contribution >= 0.6 is 11.6 Å². The first-order valence-corrected chi connectivity index (χ1v) is 11.3. The summed E-state index contributed by atoms with van der Waals surface area (Å²) >= 11 is 5.59. The van der Waals surface area contributed by atoms with Gasteiger partial charge in [-0.3, -0.25) is 19.2 Å². The Morgan fingerprint density at radius 1 is 1.08 bits per heavy atom. The van der Waals surface area contributed by atoms with E-state index in [-0.39, 0.29) is 42.4 Å². The molecule has 1 heterocycles. The lowest BCUT2D eigenvalue weighted by Gasteiger charge is -2.29. The van der Waals surface area contributed by atoms with E-state index in [1.165, 1.54) is 23.1 Å². The summed E-state index contributed by atoms with van der Waals surface area (Å²) in [7, 11) is 0. The van der Waals surface area contributed by atoms with Gasteiger partial charge in [0.2, 0.25) is 0 Å². The lowest BCUT2D eigenvalue weighted by molar-refractivity contribution is -0.275. The van der Waals surface area contributed by atoms with Gasteiger partial charge in [-0.05, 0) is 41.8 Å². The number of amides is 2. The zero-order valence-corrected chi connectivity index (χ0v) is 19.6. The number of carbonyl (C=O) groups excluding carboxylic acids is 4. The first-order valence-electron chi connectivity index (χ1n) is 11.0. The van der Waals surface area contributed by atoms with E-state index < -0.39 is 48.0 Å². The van der Waals surface area contributed by atoms with Gasteiger partial charge in [-0.25, -0.2) is 0 Å². The van der Waals surface area contributed by atoms with Gasteiger partial charge in [0.05, 0.1) is 18.0 Å². The van der Waals surface area contributed by atoms with E-state index in [1.54, 1.807) is 0 Å². The van der Waals surface area contributed by atoms with Crippen molar-refractivity contribution in [2.24, 2.45) is 0 Å². The van der Waals surface area contributed by atoms with Crippen molar-refractivity contribution in [2.45, 2.75) is 50.7 Å². The van der Waals surface area contributed by atoms with Crippen LogP contribution in [-0.4, -0.2) is 40.7 Å². The number of nitrogens with zero attached hydrogens (tertiary/aromatic N) is 1. The molecule has 1 atom stereocenters. The number of ketones is 2. The minimum atomic E-state index is -5.29. The maximum atomic E-state index is 14.8. The molecule has 37 heavy (non-hydrogen) atoms. The molecule has 0 saturated heterocycles. The number of ether oxygens (including phenoxy) is 1. The maximum absolute atomic E-state index is 14.8. The second kappa shape index (κ2) is 9.73. The smallest absolute Gasteiger partial charge is 0.405 e. The Kier molecular flexibility index (Phi) is 6.97. The van der Waals surface area contributed by atoms with Gasteiger partial charge >= 0.3 is 12.3 Å². The fraction of sp³-hybridized carbons (Fsp3) is 0.333. The largest absolute Gasteiger partial charge is 0.573 e. The predicted octanol–water partition coefficient (Wildman–Crippen LogP) is 4.29. The Hall–Kier alpha value is -3.54. The summed E-state index contributed by atoms with van der Waals surface area (Å²) in [6, 6.07) is 5.63. The molecule has 0 spiro atoms. The fourth-order valence-electron chi connectivity index (χ4n) is 4.33. The molecular weight excluding hydrogens is 527 g/mol. The van der Waals surface area contributed by atoms with Crippen molar-refractivity contribution < 1.29 is 45.9 Å². The quantitative estimate of drug-likeness (QED) is 0.433. The van der Waals surface area contributed by atoms with Crippen LogP contribution in [0.25, 0.3) is 0 Å². The summed E-state index contributed by atoms with van der Waals surface area (Å²) in [5, 5.41) is 1.68. The Labute approximate surface area is 211 Å². The van der Waals surface area contributed by atoms with Crippen LogP contribution in [0.2, 0.25) is 5.02 Å². The second-order valence-electron chi connectivity index (χ2n) is 8.61. The number of hydrogen-bond donors (Lipinski definition) is 1. The Morgan fingerprint density at radius 3 is 2.49 bits per heavy atom. The molecule has 1 saturated carbocycles. The molecule has 2 amide bonds. The molecule has 1 unspecified atom stereocenters. The van der Waals surface area contributed by atoms with Crippen molar-refractivity contribution in [3.05, 3.63) is 63.7 Å². The van der Waals surface area contributed by atoms with Gasteiger partial charge in [-0.1, -0.05) is 23.7 Å². The zero-order valence-electron chi connectivity index (χ0n) is 18.8. The fourth-order valence-corrected chi connectivity index (χ4v) is 4.49. The third kappa shape index (κ3) is 5.58. The van der Waals surface area contributed by atoms with E-state index in [0.29, 0.717) is 28.8 Å². The van der Waals surface area contributed by atoms with E-state index in [0.717, 1.165) is 6.07 Å². The molecule has 1 fully saturated rings. The number of fused-ring (bicyclic) bond motifs is 1. The Bertz CT molecular complexity index is 1300. The van der Waals surface area contributed by atoms with Crippen molar-refractivity contribution >= 4 is 35.0 Å². The van der Waals surface area contributed by atoms with Crippen molar-refractivity contribution in [3.63, 3.8) is 0 Å². The van der Waals surface area contributed by atoms with E-state index in [2.05, 4.69) is 4.74 Å². The lowest BCUT2D eigenvalue weighted by Crippen LogP contribution is -2.44. The zero-order chi connectivity index (χ0) is 27.1. The normalized spacial score (nSPS) is 18.2. The maximum Gasteiger partial charge on any atom is 0.573 e. The number of benzene rings is 2. The van der Waals surface area contributed by atoms with Crippen LogP contribution in [0.15, 0.2) is 36.4 Å². The Balaban J connectivity index is 1.46. The van der Waals surface area contributed by atoms with Crippen LogP contribution in [0.5, 0.6) is 5.75 Å². The molecule has 1 aliphatic carbocycles. The highest BCUT2D eigenvalue weighted by atomic mass is 35.5. The standard InChI is InChI=1S/C24H18ClF5N2O5/c25-14-2-5-17(20(8-14)37-24(28,29)30)23(26,27)22(36)31-10-12-1-4-16-13(7-12)11-32(21(16)35)18-6-3-15(33)9-19(18)34/h1-2,4-5,7-8,18H,3,6,9-11H2,(H,31,36). The van der Waals surface area contributed by atoms with Crippen molar-refractivity contribution in [1.29, 1.82) is 0 Å². The van der Waals surface area contributed by atoms with E-state index in [9.17, 15) is 41.1 Å². The summed E-state index contributed by atoms with van der Waals surface area (Å²) in [5.41, 5.74) is -0.171. The highest BCUT2D eigenvalue weighted by Gasteiger charge is 2.45. The topological polar surface area (TPSA) is 92.8 Å². The second-order valence-corrected chi connectivity index (χ2v) is 9.04. The molecule has 1 N–H and O–H groups in total. The van der Waals surface area contributed by atoms with E-state index in [1.807, 2.05) is 5.32 Å². The summed E-state index contributed by atoms with van der Waals surface area (Å²) < 4.78 is 71.2. The number of rotatable bonds is 6. The highest BCUT2D eigenvalue weighted by molar-refractivity contribution is 6.30. The molecule has 2 aromatic rings. The predicted molar refractivity (Wildman–Crippen MR) is 118 cm³/mol. The van der Waals surface area contributed by atoms with E-state index in [4.69, 9.17) is 11.6 Å². The molecule has 2 aromatic carbocycles. The number of halogens is 6. The van der Waals surface area contributed by atoms with Crippen LogP contribution in [-0.2, 0) is 33.4 Å². The number of alkyl halides is 5. The van der Waals surface area contributed by atoms with Gasteiger partial charge in [-0.15, -0.1) is 13.2 Å². The number of carbonyl (C=O) groups is 4. The SMILES string of the molecule is O=C1CCC(N2Cc3cc(CNC(=O)C(F)(F)c4ccc(Cl)cc4OC(F)(F)F)ccc3C2=O)C(=O)C1. The minimum absolute atomic E-state index is 0.0691. The van der Waals surface area contributed by atoms with Gasteiger partial charge < -0.3 is 15.0 Å². The Morgan fingerprint density at radius 2 is 1.81 bits per heavy atom. The van der Waals surface area contributed by atoms with Gasteiger partial charge in [0.15, 0.2) is 5.78 Å². The van der Waals surface area contributed by atoms with Crippen LogP contribution in [0, 0.1) is 0 Å². The van der Waals surface area contributed by atoms with Gasteiger partial charge in [-0.2, -0.15) is 8.78 Å². The molecular formula is C24H18ClF5N2O5. The van der Waals surface area contributed by atoms with Crippen molar-refractivity contribution in [1.82, 2.24) is 10.2 Å². The third-order valence-electron chi connectivity index (χ3n) is 6.06. The molecule has 7 nitrogen and oxygen atoms in total. The molecule has 2 aliphatic rings. The summed E-state index contributed by atoms with van der Waals surface area (Å²) in [5.74, 6) is -8.51. The lowest BCUT2D eigenvalue weighted by atomic mass is 9.92. The molecule has 0 aromatic heterocycles. The minimum Gasteiger partial charge on any atom is -0.405 e. The van der Waals surface area contributed by atoms with Gasteiger partial charge in [0.1, 0.15) is 11.5 Å². The van der Waals surface area contributed by atoms with Crippen LogP contribution < -0.4 is 10.1 Å². The van der Waals surface area contributed by atoms with E-state index >= 15 is 0 Å². The molecule has 13 heteroatoms. The van der Waals surface area contributed by atoms with Crippen molar-refractivity contribution in [2.75, 3.05) is 0 Å². The van der Waals surface area contributed by atoms with Gasteiger partial charge in [0.25, 0.3) is 11.8 Å². The summed E-state index contributed by atoms with van der Waals surface area (Å²) in [6.45, 7) is -0.352. The first-order chi connectivity index (χ1) is 17.3. The first kappa shape index (κ1) is 26.5. The molecule has 1 aliphatic heterocycles. The van der Waals surface area contributed by atoms with Gasteiger partial charge in [0, 0.05) is 30.1 Å². The molecule has 0 bridgehead atoms. The monoisotopic (exact) mass is 544 g/mol. The number of Topliss-reactive ketones (excluding diaryl/α,β-unsaturated/α-hetero) is 2. The number of nitrogens with one attached hydrogen (secondary N) is 1. The summed E-state index contributed by atoms with van der Waals surface area (Å²) in [6.07, 6.45) is -5.12. The third-order valence-corrected chi connectivity index (χ3v) is 6.30. The molecule has 0 radical (unpaired) electrons. The molecule has 196 valence electrons. The van der Waals surface area contributed by atoms with Crippen molar-refractivity contribution in [3.8, 4) is 5.75 Å². The number of hydrogen-bond acceptors (Lipinski definition) is 5. The molecule has 4 rings (SSSR count). The summed E-state index contributed by atoms with van der Waals surface area (Å²) in [4.78, 5) is 50.1. The van der Waals surface area contributed by atoms with Crippen LogP contribution in [0.4, 0.5) is 22.0 Å². The highest BCUT2D eigenvalue weighted by Crippen LogP contribution is 2.39.